The molecule has 182 valence electrons. The number of ether oxygens (including phenoxy) is 4. The van der Waals surface area contributed by atoms with Gasteiger partial charge in [-0.2, -0.15) is 0 Å². The standard InChI is InChI=1S/C16H14ClN5O3S.C6H12O2/c1-8-4-9(10-5-13(17)19-7-12(10)24-2)11(6-18-8)14(23)20-15-21-22-16(25-3)26-15;1-6(2)5-7-3-4-8-6/h4-7H,1-3H3,(H,20,21,23);3-5H2,1-2H3. The SMILES string of the molecule is CC1(C)COCCO1.COc1nnc(NC(=O)c2cnc(C)cc2-c2cc(Cl)ncc2OC)s1. The molecule has 1 aliphatic heterocycles. The van der Waals surface area contributed by atoms with Crippen LogP contribution in [0, 0.1) is 6.92 Å². The summed E-state index contributed by atoms with van der Waals surface area (Å²) < 4.78 is 20.8. The van der Waals surface area contributed by atoms with Crippen molar-refractivity contribution in [3.63, 3.8) is 0 Å². The number of carbonyl (C=O) groups is 1. The molecule has 3 aromatic rings. The molecule has 1 fully saturated rings. The van der Waals surface area contributed by atoms with E-state index in [1.165, 1.54) is 26.6 Å². The van der Waals surface area contributed by atoms with E-state index in [0.717, 1.165) is 36.9 Å². The Labute approximate surface area is 206 Å². The fraction of sp³-hybridized carbons (Fsp3) is 0.409. The lowest BCUT2D eigenvalue weighted by Crippen LogP contribution is -2.37. The highest BCUT2D eigenvalue weighted by molar-refractivity contribution is 7.17. The van der Waals surface area contributed by atoms with E-state index in [9.17, 15) is 4.79 Å². The average molecular weight is 508 g/mol. The number of halogens is 1. The molecule has 0 aliphatic carbocycles. The van der Waals surface area contributed by atoms with Gasteiger partial charge in [0.1, 0.15) is 10.9 Å². The minimum absolute atomic E-state index is 0.0434. The van der Waals surface area contributed by atoms with Gasteiger partial charge in [0, 0.05) is 23.0 Å². The lowest BCUT2D eigenvalue weighted by Gasteiger charge is -2.29. The smallest absolute Gasteiger partial charge is 0.295 e. The van der Waals surface area contributed by atoms with Crippen LogP contribution < -0.4 is 14.8 Å². The topological polar surface area (TPSA) is 118 Å². The number of amides is 1. The van der Waals surface area contributed by atoms with Gasteiger partial charge in [-0.25, -0.2) is 4.98 Å². The molecule has 34 heavy (non-hydrogen) atoms. The van der Waals surface area contributed by atoms with Gasteiger partial charge in [0.15, 0.2) is 0 Å². The van der Waals surface area contributed by atoms with Gasteiger partial charge in [-0.1, -0.05) is 16.7 Å². The molecule has 0 atom stereocenters. The zero-order chi connectivity index (χ0) is 24.7. The van der Waals surface area contributed by atoms with Gasteiger partial charge in [-0.05, 0) is 44.2 Å². The Morgan fingerprint density at radius 1 is 1.12 bits per heavy atom. The Kier molecular flexibility index (Phi) is 8.72. The molecule has 0 saturated carbocycles. The van der Waals surface area contributed by atoms with Gasteiger partial charge in [-0.3, -0.25) is 15.1 Å². The molecule has 4 rings (SSSR count). The van der Waals surface area contributed by atoms with Gasteiger partial charge >= 0.3 is 0 Å². The first-order valence-electron chi connectivity index (χ1n) is 10.3. The van der Waals surface area contributed by atoms with Gasteiger partial charge in [0.2, 0.25) is 5.13 Å². The first kappa shape index (κ1) is 25.8. The molecule has 0 radical (unpaired) electrons. The Balaban J connectivity index is 0.000000343. The number of hydrogen-bond donors (Lipinski definition) is 1. The molecule has 3 aromatic heterocycles. The van der Waals surface area contributed by atoms with E-state index < -0.39 is 0 Å². The number of rotatable bonds is 5. The molecule has 0 unspecified atom stereocenters. The zero-order valence-corrected chi connectivity index (χ0v) is 21.1. The number of anilines is 1. The van der Waals surface area contributed by atoms with Gasteiger partial charge in [0.05, 0.1) is 51.4 Å². The van der Waals surface area contributed by atoms with Crippen LogP contribution in [-0.4, -0.2) is 65.7 Å². The number of nitrogens with one attached hydrogen (secondary N) is 1. The molecule has 1 amide bonds. The third-order valence-corrected chi connectivity index (χ3v) is 5.61. The fourth-order valence-corrected chi connectivity index (χ4v) is 3.71. The van der Waals surface area contributed by atoms with E-state index in [1.54, 1.807) is 12.1 Å². The number of pyridine rings is 2. The Hall–Kier alpha value is -2.86. The van der Waals surface area contributed by atoms with Crippen LogP contribution in [0.15, 0.2) is 24.5 Å². The summed E-state index contributed by atoms with van der Waals surface area (Å²) in [6.07, 6.45) is 3.00. The van der Waals surface area contributed by atoms with Crippen LogP contribution in [-0.2, 0) is 9.47 Å². The minimum Gasteiger partial charge on any atom is -0.494 e. The molecule has 0 bridgehead atoms. The Morgan fingerprint density at radius 2 is 1.91 bits per heavy atom. The highest BCUT2D eigenvalue weighted by atomic mass is 35.5. The third-order valence-electron chi connectivity index (χ3n) is 4.60. The zero-order valence-electron chi connectivity index (χ0n) is 19.5. The van der Waals surface area contributed by atoms with E-state index in [0.29, 0.717) is 32.8 Å². The van der Waals surface area contributed by atoms with Crippen LogP contribution in [0.5, 0.6) is 10.9 Å². The number of carbonyl (C=O) groups excluding carboxylic acids is 1. The summed E-state index contributed by atoms with van der Waals surface area (Å²) in [5.74, 6) is 0.105. The maximum Gasteiger partial charge on any atom is 0.295 e. The minimum atomic E-state index is -0.388. The van der Waals surface area contributed by atoms with Crippen molar-refractivity contribution in [3.05, 3.63) is 40.9 Å². The molecule has 4 heterocycles. The monoisotopic (exact) mass is 507 g/mol. The van der Waals surface area contributed by atoms with E-state index in [2.05, 4.69) is 25.5 Å². The highest BCUT2D eigenvalue weighted by Crippen LogP contribution is 2.34. The maximum absolute atomic E-state index is 12.8. The van der Waals surface area contributed by atoms with Crippen molar-refractivity contribution in [1.29, 1.82) is 0 Å². The van der Waals surface area contributed by atoms with Crippen molar-refractivity contribution in [2.24, 2.45) is 0 Å². The largest absolute Gasteiger partial charge is 0.494 e. The second kappa shape index (κ2) is 11.5. The quantitative estimate of drug-likeness (QED) is 0.510. The molecule has 1 N–H and O–H groups in total. The first-order chi connectivity index (χ1) is 16.2. The van der Waals surface area contributed by atoms with Crippen LogP contribution >= 0.6 is 22.9 Å². The van der Waals surface area contributed by atoms with Crippen LogP contribution in [0.1, 0.15) is 29.9 Å². The number of hydrogen-bond acceptors (Lipinski definition) is 10. The summed E-state index contributed by atoms with van der Waals surface area (Å²) in [6, 6.07) is 3.42. The van der Waals surface area contributed by atoms with Crippen LogP contribution in [0.2, 0.25) is 5.15 Å². The highest BCUT2D eigenvalue weighted by Gasteiger charge is 2.22. The maximum atomic E-state index is 12.8. The van der Waals surface area contributed by atoms with E-state index in [1.807, 2.05) is 20.8 Å². The normalized spacial score (nSPS) is 14.5. The second-order valence-corrected chi connectivity index (χ2v) is 9.10. The summed E-state index contributed by atoms with van der Waals surface area (Å²) in [5.41, 5.74) is 2.29. The average Bonchev–Trinajstić information content (AvgIpc) is 3.26. The molecular weight excluding hydrogens is 482 g/mol. The number of aryl methyl sites for hydroxylation is 1. The fourth-order valence-electron chi connectivity index (χ4n) is 3.00. The summed E-state index contributed by atoms with van der Waals surface area (Å²) in [5, 5.41) is 11.3. The predicted octanol–water partition coefficient (Wildman–Crippen LogP) is 4.04. The van der Waals surface area contributed by atoms with Crippen molar-refractivity contribution < 1.29 is 23.7 Å². The van der Waals surface area contributed by atoms with Crippen molar-refractivity contribution in [3.8, 4) is 22.1 Å². The van der Waals surface area contributed by atoms with Crippen molar-refractivity contribution >= 4 is 34.0 Å². The van der Waals surface area contributed by atoms with Crippen molar-refractivity contribution in [2.75, 3.05) is 39.4 Å². The lowest BCUT2D eigenvalue weighted by atomic mass is 10.0. The first-order valence-corrected chi connectivity index (χ1v) is 11.5. The number of nitrogens with zero attached hydrogens (tertiary/aromatic N) is 4. The summed E-state index contributed by atoms with van der Waals surface area (Å²) in [7, 11) is 3.00. The van der Waals surface area contributed by atoms with E-state index >= 15 is 0 Å². The molecule has 0 aromatic carbocycles. The molecular formula is C22H26ClN5O5S. The Morgan fingerprint density at radius 3 is 2.50 bits per heavy atom. The van der Waals surface area contributed by atoms with Gasteiger partial charge in [-0.15, -0.1) is 5.10 Å². The van der Waals surface area contributed by atoms with Gasteiger partial charge < -0.3 is 18.9 Å². The van der Waals surface area contributed by atoms with Crippen LogP contribution in [0.3, 0.4) is 0 Å². The van der Waals surface area contributed by atoms with Crippen LogP contribution in [0.25, 0.3) is 11.1 Å². The molecule has 0 spiro atoms. The lowest BCUT2D eigenvalue weighted by molar-refractivity contribution is -0.137. The summed E-state index contributed by atoms with van der Waals surface area (Å²) >= 11 is 7.15. The third kappa shape index (κ3) is 6.83. The summed E-state index contributed by atoms with van der Waals surface area (Å²) in [4.78, 5) is 21.0. The molecule has 1 saturated heterocycles. The molecule has 12 heteroatoms. The van der Waals surface area contributed by atoms with Gasteiger partial charge in [0.25, 0.3) is 11.1 Å². The van der Waals surface area contributed by atoms with E-state index in [4.69, 9.17) is 30.5 Å². The number of methoxy groups -OCH3 is 2. The van der Waals surface area contributed by atoms with E-state index in [-0.39, 0.29) is 16.7 Å². The Bertz CT molecular complexity index is 1130. The molecule has 10 nitrogen and oxygen atoms in total. The summed E-state index contributed by atoms with van der Waals surface area (Å²) in [6.45, 7) is 8.12. The molecule has 1 aliphatic rings. The van der Waals surface area contributed by atoms with Crippen molar-refractivity contribution in [2.45, 2.75) is 26.4 Å². The van der Waals surface area contributed by atoms with Crippen LogP contribution in [0.4, 0.5) is 5.13 Å². The predicted molar refractivity (Wildman–Crippen MR) is 129 cm³/mol. The second-order valence-electron chi connectivity index (χ2n) is 7.77. The number of aromatic nitrogens is 4. The van der Waals surface area contributed by atoms with Crippen molar-refractivity contribution in [1.82, 2.24) is 20.2 Å².